The van der Waals surface area contributed by atoms with Crippen LogP contribution in [0, 0.1) is 17.0 Å². The second-order valence-electron chi connectivity index (χ2n) is 6.09. The summed E-state index contributed by atoms with van der Waals surface area (Å²) in [6.45, 7) is 1.79. The van der Waals surface area contributed by atoms with E-state index in [0.29, 0.717) is 5.69 Å². The molecule has 2 aromatic rings. The van der Waals surface area contributed by atoms with Gasteiger partial charge >= 0.3 is 5.69 Å². The van der Waals surface area contributed by atoms with E-state index in [2.05, 4.69) is 5.32 Å². The van der Waals surface area contributed by atoms with Crippen LogP contribution in [0.5, 0.6) is 11.5 Å². The summed E-state index contributed by atoms with van der Waals surface area (Å²) < 4.78 is 4.94. The highest BCUT2D eigenvalue weighted by atomic mass is 32.1. The third kappa shape index (κ3) is 3.65. The maximum Gasteiger partial charge on any atom is 0.315 e. The van der Waals surface area contributed by atoms with E-state index in [1.54, 1.807) is 31.2 Å². The molecule has 148 valence electrons. The number of para-hydroxylation sites is 1. The Hall–Kier alpha value is -3.79. The fraction of sp³-hybridized carbons (Fsp3) is 0.105. The van der Waals surface area contributed by atoms with E-state index in [-0.39, 0.29) is 22.0 Å². The molecule has 0 saturated carbocycles. The lowest BCUT2D eigenvalue weighted by Gasteiger charge is -2.30. The predicted molar refractivity (Wildman–Crippen MR) is 109 cm³/mol. The van der Waals surface area contributed by atoms with Crippen LogP contribution < -0.4 is 15.0 Å². The summed E-state index contributed by atoms with van der Waals surface area (Å²) in [7, 11) is 1.23. The quantitative estimate of drug-likeness (QED) is 0.260. The number of nitro groups is 1. The highest BCUT2D eigenvalue weighted by molar-refractivity contribution is 7.80. The Kier molecular flexibility index (Phi) is 5.29. The number of aryl methyl sites for hydroxylation is 1. The van der Waals surface area contributed by atoms with Gasteiger partial charge in [0.05, 0.1) is 17.7 Å². The van der Waals surface area contributed by atoms with E-state index in [9.17, 15) is 24.8 Å². The number of anilines is 1. The maximum absolute atomic E-state index is 13.0. The lowest BCUT2D eigenvalue weighted by atomic mass is 10.0. The number of nitrogens with zero attached hydrogens (tertiary/aromatic N) is 2. The molecule has 1 aliphatic rings. The summed E-state index contributed by atoms with van der Waals surface area (Å²) in [4.78, 5) is 37.0. The van der Waals surface area contributed by atoms with Gasteiger partial charge in [-0.05, 0) is 48.5 Å². The van der Waals surface area contributed by atoms with Crippen molar-refractivity contribution in [2.75, 3.05) is 12.0 Å². The van der Waals surface area contributed by atoms with E-state index in [0.717, 1.165) is 11.6 Å². The number of hydrogen-bond acceptors (Lipinski definition) is 7. The van der Waals surface area contributed by atoms with Crippen LogP contribution in [0.15, 0.2) is 42.0 Å². The number of carbonyl (C=O) groups is 2. The Morgan fingerprint density at radius 2 is 1.97 bits per heavy atom. The largest absolute Gasteiger partial charge is 0.500 e. The van der Waals surface area contributed by atoms with Gasteiger partial charge in [-0.2, -0.15) is 0 Å². The SMILES string of the molecule is COc1cc(/C=C2/C(=O)NC(=S)N(c3ccccc3C)C2=O)cc([N+](=O)[O-])c1O. The number of aromatic hydroxyl groups is 1. The molecule has 0 radical (unpaired) electrons. The molecule has 10 heteroatoms. The minimum atomic E-state index is -0.794. The minimum absolute atomic E-state index is 0.0688. The van der Waals surface area contributed by atoms with Crippen molar-refractivity contribution in [3.05, 3.63) is 63.2 Å². The Morgan fingerprint density at radius 3 is 2.59 bits per heavy atom. The van der Waals surface area contributed by atoms with Crippen LogP contribution >= 0.6 is 12.2 Å². The fourth-order valence-electron chi connectivity index (χ4n) is 2.85. The summed E-state index contributed by atoms with van der Waals surface area (Å²) in [6, 6.07) is 9.32. The second-order valence-corrected chi connectivity index (χ2v) is 6.48. The molecule has 0 bridgehead atoms. The highest BCUT2D eigenvalue weighted by Gasteiger charge is 2.35. The van der Waals surface area contributed by atoms with Crippen molar-refractivity contribution >= 4 is 46.6 Å². The normalized spacial score (nSPS) is 15.4. The molecule has 2 aromatic carbocycles. The van der Waals surface area contributed by atoms with Gasteiger partial charge in [0, 0.05) is 6.07 Å². The molecule has 3 rings (SSSR count). The molecule has 0 aliphatic carbocycles. The molecular weight excluding hydrogens is 398 g/mol. The Morgan fingerprint density at radius 1 is 1.28 bits per heavy atom. The molecule has 1 fully saturated rings. The summed E-state index contributed by atoms with van der Waals surface area (Å²) in [6.07, 6.45) is 1.18. The topological polar surface area (TPSA) is 122 Å². The molecule has 0 atom stereocenters. The van der Waals surface area contributed by atoms with Crippen molar-refractivity contribution < 1.29 is 24.4 Å². The van der Waals surface area contributed by atoms with Crippen LogP contribution in [-0.4, -0.2) is 34.1 Å². The molecule has 1 saturated heterocycles. The molecule has 0 unspecified atom stereocenters. The third-order valence-corrected chi connectivity index (χ3v) is 4.55. The summed E-state index contributed by atoms with van der Waals surface area (Å²) >= 11 is 5.16. The number of phenols is 1. The van der Waals surface area contributed by atoms with Crippen molar-refractivity contribution in [1.29, 1.82) is 0 Å². The van der Waals surface area contributed by atoms with Gasteiger partial charge in [-0.25, -0.2) is 0 Å². The van der Waals surface area contributed by atoms with Gasteiger partial charge in [-0.3, -0.25) is 29.9 Å². The zero-order chi connectivity index (χ0) is 21.3. The number of ether oxygens (including phenoxy) is 1. The Balaban J connectivity index is 2.11. The number of carbonyl (C=O) groups excluding carboxylic acids is 2. The number of thiocarbonyl (C=S) groups is 1. The molecule has 0 spiro atoms. The van der Waals surface area contributed by atoms with Crippen molar-refractivity contribution in [3.63, 3.8) is 0 Å². The van der Waals surface area contributed by atoms with Crippen molar-refractivity contribution in [2.24, 2.45) is 0 Å². The van der Waals surface area contributed by atoms with E-state index in [1.165, 1.54) is 24.2 Å². The first kappa shape index (κ1) is 20.0. The molecule has 2 N–H and O–H groups in total. The molecule has 1 aliphatic heterocycles. The molecule has 2 amide bonds. The average Bonchev–Trinajstić information content (AvgIpc) is 2.67. The summed E-state index contributed by atoms with van der Waals surface area (Å²) in [5.41, 5.74) is 0.501. The zero-order valence-corrected chi connectivity index (χ0v) is 16.1. The number of hydrogen-bond donors (Lipinski definition) is 2. The summed E-state index contributed by atoms with van der Waals surface area (Å²) in [5.74, 6) is -2.23. The first-order chi connectivity index (χ1) is 13.7. The molecular formula is C19H15N3O6S. The lowest BCUT2D eigenvalue weighted by Crippen LogP contribution is -2.54. The Bertz CT molecular complexity index is 1100. The van der Waals surface area contributed by atoms with Gasteiger partial charge in [0.2, 0.25) is 5.75 Å². The molecule has 9 nitrogen and oxygen atoms in total. The van der Waals surface area contributed by atoms with Crippen molar-refractivity contribution in [2.45, 2.75) is 6.92 Å². The lowest BCUT2D eigenvalue weighted by molar-refractivity contribution is -0.386. The van der Waals surface area contributed by atoms with Gasteiger partial charge in [-0.1, -0.05) is 18.2 Å². The summed E-state index contributed by atoms with van der Waals surface area (Å²) in [5, 5.41) is 23.4. The molecule has 1 heterocycles. The van der Waals surface area contributed by atoms with Crippen molar-refractivity contribution in [1.82, 2.24) is 5.32 Å². The minimum Gasteiger partial charge on any atom is -0.500 e. The van der Waals surface area contributed by atoms with E-state index in [1.807, 2.05) is 0 Å². The average molecular weight is 413 g/mol. The van der Waals surface area contributed by atoms with Gasteiger partial charge < -0.3 is 9.84 Å². The van der Waals surface area contributed by atoms with E-state index in [4.69, 9.17) is 17.0 Å². The smallest absolute Gasteiger partial charge is 0.315 e. The number of rotatable bonds is 4. The predicted octanol–water partition coefficient (Wildman–Crippen LogP) is 2.45. The van der Waals surface area contributed by atoms with Crippen molar-refractivity contribution in [3.8, 4) is 11.5 Å². The third-order valence-electron chi connectivity index (χ3n) is 4.26. The van der Waals surface area contributed by atoms with Crippen LogP contribution in [0.3, 0.4) is 0 Å². The first-order valence-electron chi connectivity index (χ1n) is 8.27. The van der Waals surface area contributed by atoms with Gasteiger partial charge in [0.15, 0.2) is 10.9 Å². The number of nitro benzene ring substituents is 1. The number of nitrogens with one attached hydrogen (secondary N) is 1. The zero-order valence-electron chi connectivity index (χ0n) is 15.3. The number of amides is 2. The van der Waals surface area contributed by atoms with Crippen LogP contribution in [-0.2, 0) is 9.59 Å². The monoisotopic (exact) mass is 413 g/mol. The Labute approximate surface area is 170 Å². The second kappa shape index (κ2) is 7.68. The standard InChI is InChI=1S/C19H15N3O6S/c1-10-5-3-4-6-13(10)21-18(25)12(17(24)20-19(21)29)7-11-8-14(22(26)27)16(23)15(9-11)28-2/h3-9,23H,1-2H3,(H,20,24,29)/b12-7-. The maximum atomic E-state index is 13.0. The highest BCUT2D eigenvalue weighted by Crippen LogP contribution is 2.37. The molecule has 0 aromatic heterocycles. The first-order valence-corrected chi connectivity index (χ1v) is 8.68. The van der Waals surface area contributed by atoms with Gasteiger partial charge in [0.1, 0.15) is 5.57 Å². The number of benzene rings is 2. The van der Waals surface area contributed by atoms with Gasteiger partial charge in [-0.15, -0.1) is 0 Å². The van der Waals surface area contributed by atoms with E-state index >= 15 is 0 Å². The molecule has 29 heavy (non-hydrogen) atoms. The van der Waals surface area contributed by atoms with Crippen LogP contribution in [0.25, 0.3) is 6.08 Å². The van der Waals surface area contributed by atoms with Gasteiger partial charge in [0.25, 0.3) is 11.8 Å². The fourth-order valence-corrected chi connectivity index (χ4v) is 3.12. The van der Waals surface area contributed by atoms with Crippen LogP contribution in [0.1, 0.15) is 11.1 Å². The van der Waals surface area contributed by atoms with Crippen LogP contribution in [0.2, 0.25) is 0 Å². The number of phenolic OH excluding ortho intramolecular Hbond substituents is 1. The van der Waals surface area contributed by atoms with E-state index < -0.39 is 28.2 Å². The van der Waals surface area contributed by atoms with Crippen LogP contribution in [0.4, 0.5) is 11.4 Å². The number of methoxy groups -OCH3 is 1.